The highest BCUT2D eigenvalue weighted by molar-refractivity contribution is 6.05. The second-order valence-electron chi connectivity index (χ2n) is 4.15. The molecule has 0 spiro atoms. The molecule has 1 amide bonds. The van der Waals surface area contributed by atoms with Gasteiger partial charge in [0.25, 0.3) is 5.91 Å². The topological polar surface area (TPSA) is 90.2 Å². The van der Waals surface area contributed by atoms with E-state index in [0.29, 0.717) is 0 Å². The lowest BCUT2D eigenvalue weighted by Gasteiger charge is -2.07. The first-order chi connectivity index (χ1) is 10.0. The molecule has 0 aromatic heterocycles. The summed E-state index contributed by atoms with van der Waals surface area (Å²) in [6.07, 6.45) is 0. The summed E-state index contributed by atoms with van der Waals surface area (Å²) in [4.78, 5) is 22.8. The lowest BCUT2D eigenvalue weighted by molar-refractivity contribution is 0.0697. The lowest BCUT2D eigenvalue weighted by Crippen LogP contribution is -2.13. The van der Waals surface area contributed by atoms with E-state index in [1.165, 1.54) is 36.4 Å². The molecule has 2 aromatic rings. The molecule has 0 aliphatic rings. The van der Waals surface area contributed by atoms with Crippen LogP contribution < -0.4 is 5.32 Å². The zero-order chi connectivity index (χ0) is 15.4. The molecule has 0 unspecified atom stereocenters. The van der Waals surface area contributed by atoms with Gasteiger partial charge < -0.3 is 10.4 Å². The number of hydrogen-bond acceptors (Lipinski definition) is 3. The van der Waals surface area contributed by atoms with Crippen molar-refractivity contribution in [2.45, 2.75) is 0 Å². The lowest BCUT2D eigenvalue weighted by atomic mass is 10.1. The van der Waals surface area contributed by atoms with Gasteiger partial charge >= 0.3 is 5.97 Å². The van der Waals surface area contributed by atoms with Crippen molar-refractivity contribution in [2.24, 2.45) is 0 Å². The minimum atomic E-state index is -1.16. The van der Waals surface area contributed by atoms with Crippen molar-refractivity contribution in [1.29, 1.82) is 5.26 Å². The fourth-order valence-electron chi connectivity index (χ4n) is 1.67. The summed E-state index contributed by atoms with van der Waals surface area (Å²) in [6.45, 7) is 0. The van der Waals surface area contributed by atoms with E-state index in [2.05, 4.69) is 5.32 Å². The van der Waals surface area contributed by atoms with E-state index in [1.54, 1.807) is 6.07 Å². The van der Waals surface area contributed by atoms with E-state index in [4.69, 9.17) is 10.4 Å². The van der Waals surface area contributed by atoms with Crippen LogP contribution in [0.4, 0.5) is 10.1 Å². The molecule has 5 nitrogen and oxygen atoms in total. The highest BCUT2D eigenvalue weighted by Crippen LogP contribution is 2.17. The number of nitrogens with zero attached hydrogens (tertiary/aromatic N) is 1. The normalized spacial score (nSPS) is 9.71. The standard InChI is InChI=1S/C15H9FN2O3/c16-12-6-9(8-17)4-5-13(12)18-14(19)10-2-1-3-11(7-10)15(20)21/h1-7H,(H,18,19)(H,20,21). The number of halogens is 1. The summed E-state index contributed by atoms with van der Waals surface area (Å²) in [6, 6.07) is 10.8. The van der Waals surface area contributed by atoms with Gasteiger partial charge in [0.2, 0.25) is 0 Å². The zero-order valence-electron chi connectivity index (χ0n) is 10.6. The van der Waals surface area contributed by atoms with E-state index in [-0.39, 0.29) is 22.4 Å². The number of anilines is 1. The van der Waals surface area contributed by atoms with Crippen molar-refractivity contribution in [2.75, 3.05) is 5.32 Å². The molecular weight excluding hydrogens is 275 g/mol. The third-order valence-electron chi connectivity index (χ3n) is 2.72. The van der Waals surface area contributed by atoms with E-state index < -0.39 is 17.7 Å². The molecule has 0 saturated carbocycles. The monoisotopic (exact) mass is 284 g/mol. The average molecular weight is 284 g/mol. The first-order valence-corrected chi connectivity index (χ1v) is 5.85. The van der Waals surface area contributed by atoms with Gasteiger partial charge in [0, 0.05) is 5.56 Å². The van der Waals surface area contributed by atoms with Gasteiger partial charge in [-0.1, -0.05) is 6.07 Å². The van der Waals surface area contributed by atoms with Gasteiger partial charge in [0.1, 0.15) is 5.82 Å². The molecule has 0 atom stereocenters. The summed E-state index contributed by atoms with van der Waals surface area (Å²) in [7, 11) is 0. The van der Waals surface area contributed by atoms with Crippen LogP contribution in [0.15, 0.2) is 42.5 Å². The van der Waals surface area contributed by atoms with Crippen molar-refractivity contribution in [3.63, 3.8) is 0 Å². The Morgan fingerprint density at radius 3 is 2.48 bits per heavy atom. The molecule has 6 heteroatoms. The van der Waals surface area contributed by atoms with Crippen LogP contribution >= 0.6 is 0 Å². The highest BCUT2D eigenvalue weighted by atomic mass is 19.1. The molecular formula is C15H9FN2O3. The van der Waals surface area contributed by atoms with Crippen LogP contribution in [-0.4, -0.2) is 17.0 Å². The van der Waals surface area contributed by atoms with E-state index in [9.17, 15) is 14.0 Å². The van der Waals surface area contributed by atoms with Crippen LogP contribution in [0.25, 0.3) is 0 Å². The first-order valence-electron chi connectivity index (χ1n) is 5.85. The predicted octanol–water partition coefficient (Wildman–Crippen LogP) is 2.65. The molecule has 21 heavy (non-hydrogen) atoms. The van der Waals surface area contributed by atoms with Crippen molar-refractivity contribution >= 4 is 17.6 Å². The van der Waals surface area contributed by atoms with Crippen LogP contribution in [0.2, 0.25) is 0 Å². The van der Waals surface area contributed by atoms with Gasteiger partial charge in [-0.25, -0.2) is 9.18 Å². The number of carboxylic acids is 1. The molecule has 0 aliphatic heterocycles. The number of rotatable bonds is 3. The van der Waals surface area contributed by atoms with Crippen LogP contribution in [0.1, 0.15) is 26.3 Å². The van der Waals surface area contributed by atoms with Crippen LogP contribution in [0, 0.1) is 17.1 Å². The van der Waals surface area contributed by atoms with E-state index in [0.717, 1.165) is 6.07 Å². The maximum Gasteiger partial charge on any atom is 0.335 e. The third-order valence-corrected chi connectivity index (χ3v) is 2.72. The van der Waals surface area contributed by atoms with E-state index in [1.807, 2.05) is 0 Å². The number of amides is 1. The molecule has 2 rings (SSSR count). The molecule has 104 valence electrons. The molecule has 0 fully saturated rings. The third kappa shape index (κ3) is 3.22. The van der Waals surface area contributed by atoms with Gasteiger partial charge in [-0.15, -0.1) is 0 Å². The van der Waals surface area contributed by atoms with Gasteiger partial charge in [0.05, 0.1) is 22.9 Å². The molecule has 0 radical (unpaired) electrons. The summed E-state index contributed by atoms with van der Waals surface area (Å²) >= 11 is 0. The SMILES string of the molecule is N#Cc1ccc(NC(=O)c2cccc(C(=O)O)c2)c(F)c1. The Hall–Kier alpha value is -3.20. The van der Waals surface area contributed by atoms with Crippen molar-refractivity contribution in [1.82, 2.24) is 0 Å². The van der Waals surface area contributed by atoms with Crippen LogP contribution in [-0.2, 0) is 0 Å². The Kier molecular flexibility index (Phi) is 3.95. The number of carbonyl (C=O) groups excluding carboxylic acids is 1. The van der Waals surface area contributed by atoms with Gasteiger partial charge in [-0.3, -0.25) is 4.79 Å². The summed E-state index contributed by atoms with van der Waals surface area (Å²) in [5, 5.41) is 19.8. The quantitative estimate of drug-likeness (QED) is 0.906. The van der Waals surface area contributed by atoms with Gasteiger partial charge in [-0.2, -0.15) is 5.26 Å². The predicted molar refractivity (Wildman–Crippen MR) is 72.5 cm³/mol. The number of nitrogens with one attached hydrogen (secondary N) is 1. The molecule has 2 N–H and O–H groups in total. The summed E-state index contributed by atoms with van der Waals surface area (Å²) in [5.41, 5.74) is 0.111. The number of nitriles is 1. The average Bonchev–Trinajstić information content (AvgIpc) is 2.49. The Labute approximate surface area is 119 Å². The number of benzene rings is 2. The molecule has 2 aromatic carbocycles. The number of hydrogen-bond donors (Lipinski definition) is 2. The second-order valence-corrected chi connectivity index (χ2v) is 4.15. The Morgan fingerprint density at radius 1 is 1.14 bits per heavy atom. The fourth-order valence-corrected chi connectivity index (χ4v) is 1.67. The largest absolute Gasteiger partial charge is 0.478 e. The Bertz CT molecular complexity index is 766. The molecule has 0 heterocycles. The highest BCUT2D eigenvalue weighted by Gasteiger charge is 2.12. The number of carbonyl (C=O) groups is 2. The van der Waals surface area contributed by atoms with Crippen molar-refractivity contribution in [3.8, 4) is 6.07 Å². The summed E-state index contributed by atoms with van der Waals surface area (Å²) in [5.74, 6) is -2.53. The van der Waals surface area contributed by atoms with Crippen molar-refractivity contribution in [3.05, 3.63) is 65.0 Å². The smallest absolute Gasteiger partial charge is 0.335 e. The van der Waals surface area contributed by atoms with Crippen molar-refractivity contribution < 1.29 is 19.1 Å². The maximum absolute atomic E-state index is 13.7. The number of carboxylic acid groups (broad SMARTS) is 1. The molecule has 0 saturated heterocycles. The number of aromatic carboxylic acids is 1. The maximum atomic E-state index is 13.7. The minimum absolute atomic E-state index is 0.0389. The minimum Gasteiger partial charge on any atom is -0.478 e. The second kappa shape index (κ2) is 5.84. The fraction of sp³-hybridized carbons (Fsp3) is 0. The molecule has 0 aliphatic carbocycles. The zero-order valence-corrected chi connectivity index (χ0v) is 10.6. The molecule has 0 bridgehead atoms. The van der Waals surface area contributed by atoms with Gasteiger partial charge in [-0.05, 0) is 36.4 Å². The van der Waals surface area contributed by atoms with Crippen LogP contribution in [0.3, 0.4) is 0 Å². The van der Waals surface area contributed by atoms with Crippen LogP contribution in [0.5, 0.6) is 0 Å². The van der Waals surface area contributed by atoms with E-state index >= 15 is 0 Å². The summed E-state index contributed by atoms with van der Waals surface area (Å²) < 4.78 is 13.7. The Morgan fingerprint density at radius 2 is 1.86 bits per heavy atom. The Balaban J connectivity index is 2.24. The first kappa shape index (κ1) is 14.2. The van der Waals surface area contributed by atoms with Gasteiger partial charge in [0.15, 0.2) is 0 Å².